The SMILES string of the molecule is O=C(Nc1ccc([N+](=O)[O-])cc1)Nc1cccc(Cn2cnnc2)c1. The number of rotatable bonds is 5. The Labute approximate surface area is 142 Å². The summed E-state index contributed by atoms with van der Waals surface area (Å²) >= 11 is 0. The predicted octanol–water partition coefficient (Wildman–Crippen LogP) is 2.88. The molecule has 3 rings (SSSR count). The lowest BCUT2D eigenvalue weighted by Gasteiger charge is -2.09. The number of anilines is 2. The highest BCUT2D eigenvalue weighted by Gasteiger charge is 2.07. The van der Waals surface area contributed by atoms with Crippen LogP contribution in [0.4, 0.5) is 21.9 Å². The molecule has 0 aliphatic heterocycles. The summed E-state index contributed by atoms with van der Waals surface area (Å²) < 4.78 is 1.82. The van der Waals surface area contributed by atoms with Gasteiger partial charge in [-0.15, -0.1) is 10.2 Å². The van der Waals surface area contributed by atoms with Gasteiger partial charge in [0.1, 0.15) is 12.7 Å². The maximum absolute atomic E-state index is 12.0. The van der Waals surface area contributed by atoms with Crippen molar-refractivity contribution in [1.82, 2.24) is 14.8 Å². The van der Waals surface area contributed by atoms with Gasteiger partial charge in [0.25, 0.3) is 5.69 Å². The number of nitrogens with one attached hydrogen (secondary N) is 2. The highest BCUT2D eigenvalue weighted by Crippen LogP contribution is 2.16. The van der Waals surface area contributed by atoms with Gasteiger partial charge in [-0.25, -0.2) is 4.79 Å². The van der Waals surface area contributed by atoms with Crippen molar-refractivity contribution in [1.29, 1.82) is 0 Å². The normalized spacial score (nSPS) is 10.2. The van der Waals surface area contributed by atoms with Crippen LogP contribution in [0.5, 0.6) is 0 Å². The monoisotopic (exact) mass is 338 g/mol. The molecule has 0 fully saturated rings. The highest BCUT2D eigenvalue weighted by atomic mass is 16.6. The van der Waals surface area contributed by atoms with E-state index in [9.17, 15) is 14.9 Å². The molecule has 0 radical (unpaired) electrons. The van der Waals surface area contributed by atoms with Crippen LogP contribution in [0.1, 0.15) is 5.56 Å². The predicted molar refractivity (Wildman–Crippen MR) is 91.3 cm³/mol. The fourth-order valence-corrected chi connectivity index (χ4v) is 2.22. The van der Waals surface area contributed by atoms with E-state index < -0.39 is 11.0 Å². The third-order valence-corrected chi connectivity index (χ3v) is 3.35. The van der Waals surface area contributed by atoms with Gasteiger partial charge >= 0.3 is 6.03 Å². The third kappa shape index (κ3) is 4.38. The van der Waals surface area contributed by atoms with Gasteiger partial charge in [0, 0.05) is 23.5 Å². The van der Waals surface area contributed by atoms with Crippen LogP contribution >= 0.6 is 0 Å². The molecule has 2 aromatic carbocycles. The Morgan fingerprint density at radius 1 is 1.04 bits per heavy atom. The minimum absolute atomic E-state index is 0.0346. The molecular weight excluding hydrogens is 324 g/mol. The summed E-state index contributed by atoms with van der Waals surface area (Å²) in [6.45, 7) is 0.590. The van der Waals surface area contributed by atoms with Crippen LogP contribution in [0.15, 0.2) is 61.2 Å². The zero-order valence-electron chi connectivity index (χ0n) is 13.0. The molecule has 1 heterocycles. The van der Waals surface area contributed by atoms with Gasteiger partial charge in [-0.2, -0.15) is 0 Å². The summed E-state index contributed by atoms with van der Waals surface area (Å²) in [6.07, 6.45) is 3.23. The van der Waals surface area contributed by atoms with Crippen molar-refractivity contribution < 1.29 is 9.72 Å². The van der Waals surface area contributed by atoms with Crippen LogP contribution in [0, 0.1) is 10.1 Å². The largest absolute Gasteiger partial charge is 0.323 e. The number of amides is 2. The lowest BCUT2D eigenvalue weighted by Crippen LogP contribution is -2.19. The van der Waals surface area contributed by atoms with Crippen LogP contribution in [-0.2, 0) is 6.54 Å². The topological polar surface area (TPSA) is 115 Å². The molecule has 25 heavy (non-hydrogen) atoms. The fourth-order valence-electron chi connectivity index (χ4n) is 2.22. The van der Waals surface area contributed by atoms with Crippen molar-refractivity contribution in [2.75, 3.05) is 10.6 Å². The number of aromatic nitrogens is 3. The number of nitrogens with zero attached hydrogens (tertiary/aromatic N) is 4. The average molecular weight is 338 g/mol. The van der Waals surface area contributed by atoms with Crippen LogP contribution in [0.3, 0.4) is 0 Å². The molecule has 0 aliphatic rings. The molecule has 0 aliphatic carbocycles. The van der Waals surface area contributed by atoms with Crippen LogP contribution < -0.4 is 10.6 Å². The number of carbonyl (C=O) groups excluding carboxylic acids is 1. The minimum Gasteiger partial charge on any atom is -0.316 e. The summed E-state index contributed by atoms with van der Waals surface area (Å²) in [5, 5.41) is 23.5. The van der Waals surface area contributed by atoms with Crippen molar-refractivity contribution in [3.8, 4) is 0 Å². The molecule has 2 N–H and O–H groups in total. The van der Waals surface area contributed by atoms with Crippen LogP contribution in [-0.4, -0.2) is 25.7 Å². The highest BCUT2D eigenvalue weighted by molar-refractivity contribution is 5.99. The number of nitro benzene ring substituents is 1. The first-order valence-electron chi connectivity index (χ1n) is 7.34. The fraction of sp³-hybridized carbons (Fsp3) is 0.0625. The van der Waals surface area contributed by atoms with Gasteiger partial charge in [0.15, 0.2) is 0 Å². The molecule has 9 nitrogen and oxygen atoms in total. The third-order valence-electron chi connectivity index (χ3n) is 3.35. The van der Waals surface area contributed by atoms with E-state index in [0.29, 0.717) is 17.9 Å². The number of urea groups is 1. The summed E-state index contributed by atoms with van der Waals surface area (Å²) in [5.41, 5.74) is 2.04. The second kappa shape index (κ2) is 7.21. The first-order valence-corrected chi connectivity index (χ1v) is 7.34. The summed E-state index contributed by atoms with van der Waals surface area (Å²) in [5.74, 6) is 0. The number of non-ortho nitro benzene ring substituents is 1. The van der Waals surface area contributed by atoms with Gasteiger partial charge < -0.3 is 15.2 Å². The van der Waals surface area contributed by atoms with Gasteiger partial charge in [0.2, 0.25) is 0 Å². The smallest absolute Gasteiger partial charge is 0.316 e. The van der Waals surface area contributed by atoms with E-state index in [-0.39, 0.29) is 5.69 Å². The number of hydrogen-bond donors (Lipinski definition) is 2. The molecule has 3 aromatic rings. The molecule has 0 unspecified atom stereocenters. The van der Waals surface area contributed by atoms with E-state index in [1.54, 1.807) is 18.7 Å². The Morgan fingerprint density at radius 3 is 2.40 bits per heavy atom. The molecule has 0 atom stereocenters. The van der Waals surface area contributed by atoms with Crippen molar-refractivity contribution in [3.63, 3.8) is 0 Å². The number of nitro groups is 1. The first-order chi connectivity index (χ1) is 12.1. The first kappa shape index (κ1) is 16.1. The summed E-state index contributed by atoms with van der Waals surface area (Å²) in [4.78, 5) is 22.2. The lowest BCUT2D eigenvalue weighted by atomic mass is 10.2. The zero-order valence-corrected chi connectivity index (χ0v) is 13.0. The maximum Gasteiger partial charge on any atom is 0.323 e. The maximum atomic E-state index is 12.0. The molecule has 9 heteroatoms. The molecule has 1 aromatic heterocycles. The summed E-state index contributed by atoms with van der Waals surface area (Å²) in [6, 6.07) is 12.5. The van der Waals surface area contributed by atoms with E-state index in [4.69, 9.17) is 0 Å². The van der Waals surface area contributed by atoms with Crippen LogP contribution in [0.2, 0.25) is 0 Å². The van der Waals surface area contributed by atoms with E-state index in [0.717, 1.165) is 5.56 Å². The van der Waals surface area contributed by atoms with Gasteiger partial charge in [0.05, 0.1) is 11.5 Å². The van der Waals surface area contributed by atoms with Crippen LogP contribution in [0.25, 0.3) is 0 Å². The number of hydrogen-bond acceptors (Lipinski definition) is 5. The van der Waals surface area contributed by atoms with Crippen molar-refractivity contribution in [2.24, 2.45) is 0 Å². The van der Waals surface area contributed by atoms with E-state index >= 15 is 0 Å². The molecule has 0 saturated carbocycles. The quantitative estimate of drug-likeness (QED) is 0.548. The van der Waals surface area contributed by atoms with E-state index in [1.807, 2.05) is 22.8 Å². The van der Waals surface area contributed by atoms with Crippen molar-refractivity contribution in [3.05, 3.63) is 76.9 Å². The number of carbonyl (C=O) groups is 1. The molecule has 126 valence electrons. The van der Waals surface area contributed by atoms with Gasteiger partial charge in [-0.1, -0.05) is 12.1 Å². The Balaban J connectivity index is 1.61. The van der Waals surface area contributed by atoms with Crippen molar-refractivity contribution >= 4 is 23.1 Å². The zero-order chi connectivity index (χ0) is 17.6. The molecule has 0 saturated heterocycles. The van der Waals surface area contributed by atoms with Gasteiger partial charge in [-0.05, 0) is 29.8 Å². The second-order valence-corrected chi connectivity index (χ2v) is 5.22. The molecule has 2 amide bonds. The Morgan fingerprint density at radius 2 is 1.72 bits per heavy atom. The Hall–Kier alpha value is -3.75. The summed E-state index contributed by atoms with van der Waals surface area (Å²) in [7, 11) is 0. The number of benzene rings is 2. The Kier molecular flexibility index (Phi) is 4.65. The molecule has 0 spiro atoms. The van der Waals surface area contributed by atoms with Gasteiger partial charge in [-0.3, -0.25) is 10.1 Å². The lowest BCUT2D eigenvalue weighted by molar-refractivity contribution is -0.384. The minimum atomic E-state index is -0.495. The second-order valence-electron chi connectivity index (χ2n) is 5.22. The molecule has 0 bridgehead atoms. The van der Waals surface area contributed by atoms with E-state index in [2.05, 4.69) is 20.8 Å². The Bertz CT molecular complexity index is 877. The standard InChI is InChI=1S/C16H14N6O3/c23-16(19-13-4-6-15(7-5-13)22(24)25)20-14-3-1-2-12(8-14)9-21-10-17-18-11-21/h1-8,10-11H,9H2,(H2,19,20,23). The molecular formula is C16H14N6O3. The van der Waals surface area contributed by atoms with E-state index in [1.165, 1.54) is 24.3 Å². The van der Waals surface area contributed by atoms with Crippen molar-refractivity contribution in [2.45, 2.75) is 6.54 Å². The average Bonchev–Trinajstić information content (AvgIpc) is 3.08.